The normalized spacial score (nSPS) is 11.0. The van der Waals surface area contributed by atoms with E-state index in [2.05, 4.69) is 10.1 Å². The molecule has 2 heterocycles. The molecule has 0 aromatic carbocycles. The zero-order valence-corrected chi connectivity index (χ0v) is 8.86. The molecule has 0 aliphatic carbocycles. The smallest absolute Gasteiger partial charge is 0.264 e. The first kappa shape index (κ1) is 11.0. The molecule has 0 bridgehead atoms. The maximum atomic E-state index is 12.5. The third-order valence-corrected chi connectivity index (χ3v) is 2.43. The Kier molecular flexibility index (Phi) is 3.16. The van der Waals surface area contributed by atoms with Crippen molar-refractivity contribution in [3.8, 4) is 5.82 Å². The third-order valence-electron chi connectivity index (χ3n) is 1.95. The highest BCUT2D eigenvalue weighted by atomic mass is 32.2. The Balaban J connectivity index is 2.36. The largest absolute Gasteiger partial charge is 0.273 e. The van der Waals surface area contributed by atoms with Gasteiger partial charge in [0.25, 0.3) is 6.43 Å². The van der Waals surface area contributed by atoms with Gasteiger partial charge in [0.05, 0.1) is 11.1 Å². The number of halogens is 2. The van der Waals surface area contributed by atoms with E-state index >= 15 is 0 Å². The molecule has 0 saturated carbocycles. The Morgan fingerprint density at radius 1 is 1.44 bits per heavy atom. The van der Waals surface area contributed by atoms with Gasteiger partial charge in [0, 0.05) is 18.0 Å². The molecule has 0 aliphatic heterocycles. The molecule has 0 aliphatic rings. The van der Waals surface area contributed by atoms with Gasteiger partial charge in [0.1, 0.15) is 0 Å². The summed E-state index contributed by atoms with van der Waals surface area (Å²) in [6.07, 6.45) is 1.98. The molecule has 0 spiro atoms. The molecule has 16 heavy (non-hydrogen) atoms. The fourth-order valence-corrected chi connectivity index (χ4v) is 1.46. The van der Waals surface area contributed by atoms with E-state index in [0.29, 0.717) is 5.82 Å². The summed E-state index contributed by atoms with van der Waals surface area (Å²) in [5.74, 6) is 0.345. The highest BCUT2D eigenvalue weighted by molar-refractivity contribution is 7.97. The van der Waals surface area contributed by atoms with Crippen LogP contribution in [-0.4, -0.2) is 14.8 Å². The zero-order chi connectivity index (χ0) is 11.5. The van der Waals surface area contributed by atoms with E-state index in [1.165, 1.54) is 23.0 Å². The summed E-state index contributed by atoms with van der Waals surface area (Å²) < 4.78 is 26.3. The standard InChI is InChI=1S/C9H8F2N4S/c10-9(11)6-1-2-13-8(3-6)15-5-7(16-12)4-14-15/h1-5,9H,12H2. The molecule has 4 nitrogen and oxygen atoms in total. The monoisotopic (exact) mass is 242 g/mol. The highest BCUT2D eigenvalue weighted by Crippen LogP contribution is 2.20. The molecule has 2 rings (SSSR count). The van der Waals surface area contributed by atoms with E-state index in [9.17, 15) is 8.78 Å². The Labute approximate surface area is 94.6 Å². The average Bonchev–Trinajstić information content (AvgIpc) is 2.77. The quantitative estimate of drug-likeness (QED) is 0.838. The van der Waals surface area contributed by atoms with Gasteiger partial charge in [-0.15, -0.1) is 0 Å². The second kappa shape index (κ2) is 4.58. The van der Waals surface area contributed by atoms with Crippen LogP contribution in [0.5, 0.6) is 0 Å². The van der Waals surface area contributed by atoms with Gasteiger partial charge in [0.15, 0.2) is 5.82 Å². The molecule has 0 amide bonds. The zero-order valence-electron chi connectivity index (χ0n) is 8.05. The van der Waals surface area contributed by atoms with Crippen LogP contribution >= 0.6 is 11.9 Å². The lowest BCUT2D eigenvalue weighted by Gasteiger charge is -2.02. The van der Waals surface area contributed by atoms with Crippen LogP contribution in [0.25, 0.3) is 5.82 Å². The molecular formula is C9H8F2N4S. The van der Waals surface area contributed by atoms with Crippen LogP contribution in [0.1, 0.15) is 12.0 Å². The van der Waals surface area contributed by atoms with E-state index < -0.39 is 6.43 Å². The van der Waals surface area contributed by atoms with Crippen molar-refractivity contribution in [1.29, 1.82) is 0 Å². The van der Waals surface area contributed by atoms with Gasteiger partial charge in [-0.2, -0.15) is 5.10 Å². The first-order valence-corrected chi connectivity index (χ1v) is 5.24. The van der Waals surface area contributed by atoms with Gasteiger partial charge < -0.3 is 0 Å². The SMILES string of the molecule is NSc1cnn(-c2cc(C(F)F)ccn2)c1. The first-order chi connectivity index (χ1) is 7.70. The maximum Gasteiger partial charge on any atom is 0.264 e. The maximum absolute atomic E-state index is 12.5. The van der Waals surface area contributed by atoms with Crippen LogP contribution in [-0.2, 0) is 0 Å². The Bertz CT molecular complexity index is 486. The van der Waals surface area contributed by atoms with E-state index in [0.717, 1.165) is 16.8 Å². The Morgan fingerprint density at radius 3 is 2.88 bits per heavy atom. The summed E-state index contributed by atoms with van der Waals surface area (Å²) in [7, 11) is 0. The molecule has 2 aromatic heterocycles. The predicted octanol–water partition coefficient (Wildman–Crippen LogP) is 2.17. The van der Waals surface area contributed by atoms with Gasteiger partial charge in [-0.05, 0) is 24.1 Å². The van der Waals surface area contributed by atoms with Crippen molar-refractivity contribution in [2.45, 2.75) is 11.3 Å². The van der Waals surface area contributed by atoms with E-state index in [1.54, 1.807) is 12.4 Å². The van der Waals surface area contributed by atoms with Gasteiger partial charge in [0.2, 0.25) is 0 Å². The van der Waals surface area contributed by atoms with Crippen LogP contribution in [0.4, 0.5) is 8.78 Å². The third kappa shape index (κ3) is 2.20. The van der Waals surface area contributed by atoms with Crippen LogP contribution < -0.4 is 5.14 Å². The molecule has 0 radical (unpaired) electrons. The van der Waals surface area contributed by atoms with Crippen molar-refractivity contribution >= 4 is 11.9 Å². The fraction of sp³-hybridized carbons (Fsp3) is 0.111. The summed E-state index contributed by atoms with van der Waals surface area (Å²) in [6.45, 7) is 0. The highest BCUT2D eigenvalue weighted by Gasteiger charge is 2.09. The van der Waals surface area contributed by atoms with Gasteiger partial charge in [-0.3, -0.25) is 5.14 Å². The molecule has 0 fully saturated rings. The predicted molar refractivity (Wildman–Crippen MR) is 56.4 cm³/mol. The fourth-order valence-electron chi connectivity index (χ4n) is 1.19. The van der Waals surface area contributed by atoms with Crippen molar-refractivity contribution in [1.82, 2.24) is 14.8 Å². The van der Waals surface area contributed by atoms with Crippen LogP contribution in [0.2, 0.25) is 0 Å². The molecule has 2 N–H and O–H groups in total. The Morgan fingerprint density at radius 2 is 2.25 bits per heavy atom. The van der Waals surface area contributed by atoms with E-state index in [-0.39, 0.29) is 5.56 Å². The van der Waals surface area contributed by atoms with E-state index in [1.807, 2.05) is 0 Å². The lowest BCUT2D eigenvalue weighted by atomic mass is 10.3. The number of aromatic nitrogens is 3. The number of alkyl halides is 2. The minimum absolute atomic E-state index is 0.0811. The summed E-state index contributed by atoms with van der Waals surface area (Å²) in [5, 5.41) is 9.31. The molecule has 0 saturated heterocycles. The molecular weight excluding hydrogens is 234 g/mol. The van der Waals surface area contributed by atoms with E-state index in [4.69, 9.17) is 5.14 Å². The van der Waals surface area contributed by atoms with Gasteiger partial charge in [-0.1, -0.05) is 0 Å². The number of rotatable bonds is 3. The summed E-state index contributed by atoms with van der Waals surface area (Å²) in [6, 6.07) is 2.57. The molecule has 7 heteroatoms. The molecule has 0 atom stereocenters. The average molecular weight is 242 g/mol. The lowest BCUT2D eigenvalue weighted by molar-refractivity contribution is 0.151. The van der Waals surface area contributed by atoms with Gasteiger partial charge in [-0.25, -0.2) is 18.4 Å². The molecule has 2 aromatic rings. The van der Waals surface area contributed by atoms with Crippen LogP contribution in [0, 0.1) is 0 Å². The second-order valence-electron chi connectivity index (χ2n) is 2.99. The topological polar surface area (TPSA) is 56.7 Å². The summed E-state index contributed by atoms with van der Waals surface area (Å²) in [5.41, 5.74) is -0.0811. The van der Waals surface area contributed by atoms with Crippen molar-refractivity contribution in [3.63, 3.8) is 0 Å². The minimum Gasteiger partial charge on any atom is -0.273 e. The Hall–Kier alpha value is -1.47. The number of pyridine rings is 1. The minimum atomic E-state index is -2.51. The van der Waals surface area contributed by atoms with Crippen molar-refractivity contribution in [2.24, 2.45) is 5.14 Å². The second-order valence-corrected chi connectivity index (χ2v) is 3.69. The molecule has 84 valence electrons. The molecule has 0 unspecified atom stereocenters. The number of nitrogens with two attached hydrogens (primary N) is 1. The van der Waals surface area contributed by atoms with Crippen molar-refractivity contribution in [3.05, 3.63) is 36.3 Å². The van der Waals surface area contributed by atoms with Crippen LogP contribution in [0.15, 0.2) is 35.6 Å². The van der Waals surface area contributed by atoms with Crippen molar-refractivity contribution in [2.75, 3.05) is 0 Å². The number of nitrogens with zero attached hydrogens (tertiary/aromatic N) is 3. The number of hydrogen-bond acceptors (Lipinski definition) is 4. The lowest BCUT2D eigenvalue weighted by Crippen LogP contribution is -1.99. The first-order valence-electron chi connectivity index (χ1n) is 4.36. The number of hydrogen-bond donors (Lipinski definition) is 1. The summed E-state index contributed by atoms with van der Waals surface area (Å²) in [4.78, 5) is 4.70. The van der Waals surface area contributed by atoms with Crippen LogP contribution in [0.3, 0.4) is 0 Å². The van der Waals surface area contributed by atoms with Gasteiger partial charge >= 0.3 is 0 Å². The van der Waals surface area contributed by atoms with Crippen molar-refractivity contribution < 1.29 is 8.78 Å². The summed E-state index contributed by atoms with van der Waals surface area (Å²) >= 11 is 1.04.